The van der Waals surface area contributed by atoms with Crippen LogP contribution in [0.15, 0.2) is 18.2 Å². The number of anilines is 1. The van der Waals surface area contributed by atoms with Crippen molar-refractivity contribution in [1.29, 1.82) is 0 Å². The monoisotopic (exact) mass is 386 g/mol. The van der Waals surface area contributed by atoms with Crippen LogP contribution in [0.2, 0.25) is 0 Å². The Balaban J connectivity index is 0.00000529. The van der Waals surface area contributed by atoms with Crippen LogP contribution in [-0.2, 0) is 14.6 Å². The third-order valence-electron chi connectivity index (χ3n) is 2.96. The molecule has 0 aliphatic rings. The summed E-state index contributed by atoms with van der Waals surface area (Å²) in [6.45, 7) is 0.941. The number of hydrogen-bond acceptors (Lipinski definition) is 5. The lowest BCUT2D eigenvalue weighted by Gasteiger charge is -2.14. The van der Waals surface area contributed by atoms with E-state index in [0.717, 1.165) is 6.26 Å². The van der Waals surface area contributed by atoms with E-state index < -0.39 is 34.8 Å². The maximum absolute atomic E-state index is 12.2. The van der Waals surface area contributed by atoms with Gasteiger partial charge in [0.25, 0.3) is 6.43 Å². The maximum Gasteiger partial charge on any atom is 0.272 e. The fourth-order valence-corrected chi connectivity index (χ4v) is 2.38. The summed E-state index contributed by atoms with van der Waals surface area (Å²) in [7, 11) is -3.20. The van der Waals surface area contributed by atoms with Crippen LogP contribution in [0, 0.1) is 6.92 Å². The molecule has 0 spiro atoms. The number of carbonyl (C=O) groups is 1. The van der Waals surface area contributed by atoms with Gasteiger partial charge >= 0.3 is 0 Å². The van der Waals surface area contributed by atoms with Gasteiger partial charge in [-0.15, -0.1) is 12.4 Å². The minimum absolute atomic E-state index is 0. The Bertz CT molecular complexity index is 656. The van der Waals surface area contributed by atoms with Crippen LogP contribution in [-0.4, -0.2) is 45.4 Å². The number of rotatable bonds is 8. The van der Waals surface area contributed by atoms with Gasteiger partial charge in [0, 0.05) is 18.0 Å². The van der Waals surface area contributed by atoms with Gasteiger partial charge in [-0.2, -0.15) is 0 Å². The molecule has 10 heteroatoms. The van der Waals surface area contributed by atoms with Gasteiger partial charge in [0.2, 0.25) is 5.91 Å². The molecule has 3 N–H and O–H groups in total. The third-order valence-corrected chi connectivity index (χ3v) is 3.93. The molecule has 0 saturated heterocycles. The number of alkyl halides is 2. The second-order valence-electron chi connectivity index (χ2n) is 5.20. The normalized spacial score (nSPS) is 12.4. The Morgan fingerprint density at radius 1 is 1.38 bits per heavy atom. The SMILES string of the molecule is Cc1ccc(NC(=O)C(N)CCS(C)(=O)=O)cc1OCC(F)F.Cl. The quantitative estimate of drug-likeness (QED) is 0.709. The number of halogens is 3. The molecule has 1 atom stereocenters. The minimum Gasteiger partial charge on any atom is -0.487 e. The molecule has 1 unspecified atom stereocenters. The number of amides is 1. The second-order valence-corrected chi connectivity index (χ2v) is 7.46. The standard InChI is InChI=1S/C14H20F2N2O4S.ClH/c1-9-3-4-10(7-12(9)22-8-13(15)16)18-14(19)11(17)5-6-23(2,20)21;/h3-4,7,11,13H,5-6,8,17H2,1-2H3,(H,18,19);1H. The molecule has 0 aromatic heterocycles. The summed E-state index contributed by atoms with van der Waals surface area (Å²) in [5.41, 5.74) is 6.61. The Morgan fingerprint density at radius 2 is 2.00 bits per heavy atom. The summed E-state index contributed by atoms with van der Waals surface area (Å²) in [5.74, 6) is -0.525. The van der Waals surface area contributed by atoms with E-state index in [0.29, 0.717) is 11.3 Å². The summed E-state index contributed by atoms with van der Waals surface area (Å²) >= 11 is 0. The zero-order valence-electron chi connectivity index (χ0n) is 13.3. The third kappa shape index (κ3) is 8.42. The summed E-state index contributed by atoms with van der Waals surface area (Å²) < 4.78 is 51.5. The number of nitrogens with one attached hydrogen (secondary N) is 1. The zero-order chi connectivity index (χ0) is 17.6. The number of hydrogen-bond donors (Lipinski definition) is 2. The molecule has 0 aliphatic heterocycles. The van der Waals surface area contributed by atoms with Crippen LogP contribution in [0.1, 0.15) is 12.0 Å². The first-order valence-corrected chi connectivity index (χ1v) is 8.90. The van der Waals surface area contributed by atoms with Crippen LogP contribution in [0.5, 0.6) is 5.75 Å². The number of benzene rings is 1. The van der Waals surface area contributed by atoms with E-state index in [1.807, 2.05) is 0 Å². The molecule has 0 saturated carbocycles. The first-order chi connectivity index (χ1) is 10.6. The smallest absolute Gasteiger partial charge is 0.272 e. The molecule has 1 aromatic carbocycles. The highest BCUT2D eigenvalue weighted by Crippen LogP contribution is 2.23. The Hall–Kier alpha value is -1.45. The first-order valence-electron chi connectivity index (χ1n) is 6.84. The summed E-state index contributed by atoms with van der Waals surface area (Å²) in [4.78, 5) is 11.9. The van der Waals surface area contributed by atoms with Crippen molar-refractivity contribution in [1.82, 2.24) is 0 Å². The molecular formula is C14H21ClF2N2O4S. The minimum atomic E-state index is -3.20. The number of aryl methyl sites for hydroxylation is 1. The largest absolute Gasteiger partial charge is 0.487 e. The van der Waals surface area contributed by atoms with Crippen LogP contribution < -0.4 is 15.8 Å². The Labute approximate surface area is 146 Å². The Kier molecular flexibility index (Phi) is 9.16. The predicted molar refractivity (Wildman–Crippen MR) is 90.9 cm³/mol. The molecule has 6 nitrogen and oxygen atoms in total. The van der Waals surface area contributed by atoms with E-state index in [4.69, 9.17) is 10.5 Å². The van der Waals surface area contributed by atoms with E-state index in [1.165, 1.54) is 6.07 Å². The maximum atomic E-state index is 12.2. The zero-order valence-corrected chi connectivity index (χ0v) is 14.9. The fraction of sp³-hybridized carbons (Fsp3) is 0.500. The van der Waals surface area contributed by atoms with Crippen molar-refractivity contribution in [2.75, 3.05) is 23.9 Å². The molecule has 1 aromatic rings. The van der Waals surface area contributed by atoms with E-state index in [9.17, 15) is 22.0 Å². The van der Waals surface area contributed by atoms with Crippen molar-refractivity contribution in [2.45, 2.75) is 25.8 Å². The van der Waals surface area contributed by atoms with E-state index >= 15 is 0 Å². The number of nitrogens with two attached hydrogens (primary N) is 1. The van der Waals surface area contributed by atoms with E-state index in [1.54, 1.807) is 19.1 Å². The fourth-order valence-electron chi connectivity index (χ4n) is 1.69. The highest BCUT2D eigenvalue weighted by Gasteiger charge is 2.16. The lowest BCUT2D eigenvalue weighted by atomic mass is 10.2. The molecule has 0 heterocycles. The van der Waals surface area contributed by atoms with Crippen LogP contribution in [0.4, 0.5) is 14.5 Å². The van der Waals surface area contributed by atoms with Crippen molar-refractivity contribution < 1.29 is 26.7 Å². The average Bonchev–Trinajstić information content (AvgIpc) is 2.44. The Morgan fingerprint density at radius 3 is 2.54 bits per heavy atom. The van der Waals surface area contributed by atoms with Gasteiger partial charge in [-0.05, 0) is 25.0 Å². The predicted octanol–water partition coefficient (Wildman–Crippen LogP) is 1.76. The van der Waals surface area contributed by atoms with Crippen molar-refractivity contribution in [3.8, 4) is 5.75 Å². The van der Waals surface area contributed by atoms with Crippen molar-refractivity contribution >= 4 is 33.8 Å². The van der Waals surface area contributed by atoms with Crippen LogP contribution >= 0.6 is 12.4 Å². The molecule has 138 valence electrons. The topological polar surface area (TPSA) is 98.5 Å². The first kappa shape index (κ1) is 22.6. The van der Waals surface area contributed by atoms with Crippen molar-refractivity contribution in [2.24, 2.45) is 5.73 Å². The van der Waals surface area contributed by atoms with Crippen molar-refractivity contribution in [3.05, 3.63) is 23.8 Å². The lowest BCUT2D eigenvalue weighted by molar-refractivity contribution is -0.117. The lowest BCUT2D eigenvalue weighted by Crippen LogP contribution is -2.37. The van der Waals surface area contributed by atoms with Gasteiger partial charge in [-0.25, -0.2) is 17.2 Å². The number of carbonyl (C=O) groups excluding carboxylic acids is 1. The molecule has 0 fully saturated rings. The molecule has 24 heavy (non-hydrogen) atoms. The van der Waals surface area contributed by atoms with Gasteiger partial charge < -0.3 is 15.8 Å². The molecule has 0 aliphatic carbocycles. The molecule has 0 bridgehead atoms. The highest BCUT2D eigenvalue weighted by molar-refractivity contribution is 7.90. The summed E-state index contributed by atoms with van der Waals surface area (Å²) in [6.07, 6.45) is -1.55. The van der Waals surface area contributed by atoms with Gasteiger partial charge in [-0.3, -0.25) is 4.79 Å². The van der Waals surface area contributed by atoms with E-state index in [2.05, 4.69) is 5.32 Å². The van der Waals surface area contributed by atoms with Crippen LogP contribution in [0.3, 0.4) is 0 Å². The summed E-state index contributed by atoms with van der Waals surface area (Å²) in [6, 6.07) is 3.61. The number of ether oxygens (including phenoxy) is 1. The van der Waals surface area contributed by atoms with Crippen LogP contribution in [0.25, 0.3) is 0 Å². The molecule has 1 rings (SSSR count). The van der Waals surface area contributed by atoms with Gasteiger partial charge in [0.1, 0.15) is 22.2 Å². The molecular weight excluding hydrogens is 366 g/mol. The molecule has 0 radical (unpaired) electrons. The van der Waals surface area contributed by atoms with Crippen molar-refractivity contribution in [3.63, 3.8) is 0 Å². The van der Waals surface area contributed by atoms with Gasteiger partial charge in [0.05, 0.1) is 11.8 Å². The van der Waals surface area contributed by atoms with E-state index in [-0.39, 0.29) is 30.3 Å². The number of sulfone groups is 1. The average molecular weight is 387 g/mol. The summed E-state index contributed by atoms with van der Waals surface area (Å²) in [5, 5.41) is 2.51. The second kappa shape index (κ2) is 9.75. The van der Waals surface area contributed by atoms with Gasteiger partial charge in [-0.1, -0.05) is 6.07 Å². The highest BCUT2D eigenvalue weighted by atomic mass is 35.5. The van der Waals surface area contributed by atoms with Gasteiger partial charge in [0.15, 0.2) is 0 Å². The molecule has 1 amide bonds.